The third kappa shape index (κ3) is 2.31. The first-order chi connectivity index (χ1) is 10.1. The van der Waals surface area contributed by atoms with Crippen molar-refractivity contribution in [1.82, 2.24) is 19.5 Å². The zero-order valence-electron chi connectivity index (χ0n) is 11.6. The zero-order chi connectivity index (χ0) is 15.0. The van der Waals surface area contributed by atoms with Crippen LogP contribution in [0.2, 0.25) is 0 Å². The van der Waals surface area contributed by atoms with Crippen LogP contribution in [-0.4, -0.2) is 24.4 Å². The van der Waals surface area contributed by atoms with Crippen LogP contribution in [0.5, 0.6) is 0 Å². The van der Waals surface area contributed by atoms with Crippen LogP contribution in [0.1, 0.15) is 18.8 Å². The number of rotatable bonds is 4. The molecule has 0 fully saturated rings. The molecule has 108 valence electrons. The highest BCUT2D eigenvalue weighted by Crippen LogP contribution is 2.26. The third-order valence-electron chi connectivity index (χ3n) is 3.26. The molecule has 2 N–H and O–H groups in total. The van der Waals surface area contributed by atoms with Crippen LogP contribution in [0.3, 0.4) is 0 Å². The highest BCUT2D eigenvalue weighted by molar-refractivity contribution is 5.75. The Balaban J connectivity index is 1.91. The van der Waals surface area contributed by atoms with E-state index in [1.807, 2.05) is 31.2 Å². The summed E-state index contributed by atoms with van der Waals surface area (Å²) < 4.78 is 1.58. The Morgan fingerprint density at radius 3 is 2.90 bits per heavy atom. The molecule has 0 aliphatic carbocycles. The molecule has 2 aromatic heterocycles. The second-order valence-electron chi connectivity index (χ2n) is 4.79. The number of nitrogens with one attached hydrogen (secondary N) is 2. The molecule has 0 saturated carbocycles. The van der Waals surface area contributed by atoms with E-state index in [1.54, 1.807) is 11.6 Å². The molecule has 2 heterocycles. The molecule has 0 radical (unpaired) electrons. The maximum absolute atomic E-state index is 11.0. The van der Waals surface area contributed by atoms with E-state index in [2.05, 4.69) is 20.3 Å². The quantitative estimate of drug-likeness (QED) is 0.566. The number of imidazole rings is 2. The van der Waals surface area contributed by atoms with Crippen molar-refractivity contribution in [3.63, 3.8) is 0 Å². The number of para-hydroxylation sites is 2. The molecule has 0 bridgehead atoms. The predicted octanol–water partition coefficient (Wildman–Crippen LogP) is 2.38. The van der Waals surface area contributed by atoms with Gasteiger partial charge < -0.3 is 20.4 Å². The fourth-order valence-electron chi connectivity index (χ4n) is 2.17. The Morgan fingerprint density at radius 1 is 1.43 bits per heavy atom. The fraction of sp³-hybridized carbons (Fsp3) is 0.231. The number of aromatic amines is 1. The molecule has 3 aromatic rings. The lowest BCUT2D eigenvalue weighted by molar-refractivity contribution is -0.388. The zero-order valence-corrected chi connectivity index (χ0v) is 11.6. The number of H-pyrrole nitrogens is 1. The molecule has 0 aliphatic rings. The summed E-state index contributed by atoms with van der Waals surface area (Å²) in [5.41, 5.74) is 1.79. The lowest BCUT2D eigenvalue weighted by atomic mass is 10.3. The molecule has 0 aliphatic heterocycles. The molecular weight excluding hydrogens is 272 g/mol. The maximum atomic E-state index is 11.0. The third-order valence-corrected chi connectivity index (χ3v) is 3.26. The van der Waals surface area contributed by atoms with E-state index >= 15 is 0 Å². The van der Waals surface area contributed by atoms with Gasteiger partial charge in [-0.15, -0.1) is 0 Å². The van der Waals surface area contributed by atoms with Gasteiger partial charge in [0.15, 0.2) is 0 Å². The number of benzene rings is 1. The van der Waals surface area contributed by atoms with Gasteiger partial charge in [-0.05, 0) is 29.0 Å². The van der Waals surface area contributed by atoms with Crippen molar-refractivity contribution in [2.75, 3.05) is 5.32 Å². The summed E-state index contributed by atoms with van der Waals surface area (Å²) in [4.78, 5) is 21.9. The minimum atomic E-state index is -0.506. The SMILES string of the molecule is CC(Nc1c([N+](=O)[O-])ncn1C)c1nc2ccccc2[nH]1. The molecule has 21 heavy (non-hydrogen) atoms. The predicted molar refractivity (Wildman–Crippen MR) is 78.0 cm³/mol. The molecule has 8 heteroatoms. The van der Waals surface area contributed by atoms with Crippen molar-refractivity contribution in [2.45, 2.75) is 13.0 Å². The summed E-state index contributed by atoms with van der Waals surface area (Å²) in [7, 11) is 1.70. The van der Waals surface area contributed by atoms with Gasteiger partial charge in [0.25, 0.3) is 0 Å². The van der Waals surface area contributed by atoms with Crippen LogP contribution < -0.4 is 5.32 Å². The molecular formula is C13H14N6O2. The monoisotopic (exact) mass is 286 g/mol. The van der Waals surface area contributed by atoms with E-state index in [-0.39, 0.29) is 11.9 Å². The average molecular weight is 286 g/mol. The van der Waals surface area contributed by atoms with Crippen molar-refractivity contribution in [2.24, 2.45) is 7.05 Å². The Labute approximate surface area is 120 Å². The number of aromatic nitrogens is 4. The Bertz CT molecular complexity index is 773. The molecule has 0 amide bonds. The van der Waals surface area contributed by atoms with Crippen LogP contribution >= 0.6 is 0 Å². The first-order valence-electron chi connectivity index (χ1n) is 6.43. The summed E-state index contributed by atoms with van der Waals surface area (Å²) in [5.74, 6) is 0.875. The van der Waals surface area contributed by atoms with Crippen LogP contribution in [0, 0.1) is 10.1 Å². The first kappa shape index (κ1) is 13.1. The summed E-state index contributed by atoms with van der Waals surface area (Å²) >= 11 is 0. The fourth-order valence-corrected chi connectivity index (χ4v) is 2.17. The van der Waals surface area contributed by atoms with Crippen molar-refractivity contribution < 1.29 is 4.92 Å². The van der Waals surface area contributed by atoms with Gasteiger partial charge in [-0.3, -0.25) is 4.57 Å². The van der Waals surface area contributed by atoms with Crippen molar-refractivity contribution in [3.8, 4) is 0 Å². The van der Waals surface area contributed by atoms with E-state index < -0.39 is 4.92 Å². The van der Waals surface area contributed by atoms with Crippen LogP contribution in [0.25, 0.3) is 11.0 Å². The average Bonchev–Trinajstić information content (AvgIpc) is 3.03. The maximum Gasteiger partial charge on any atom is 0.406 e. The second-order valence-corrected chi connectivity index (χ2v) is 4.79. The number of fused-ring (bicyclic) bond motifs is 1. The van der Waals surface area contributed by atoms with Gasteiger partial charge in [0, 0.05) is 7.05 Å². The van der Waals surface area contributed by atoms with Gasteiger partial charge in [-0.1, -0.05) is 12.1 Å². The van der Waals surface area contributed by atoms with E-state index in [0.29, 0.717) is 11.6 Å². The van der Waals surface area contributed by atoms with Crippen LogP contribution in [-0.2, 0) is 7.05 Å². The van der Waals surface area contributed by atoms with Gasteiger partial charge >= 0.3 is 5.82 Å². The lowest BCUT2D eigenvalue weighted by Gasteiger charge is -2.12. The molecule has 0 spiro atoms. The minimum Gasteiger partial charge on any atom is -0.358 e. The van der Waals surface area contributed by atoms with E-state index in [1.165, 1.54) is 6.33 Å². The minimum absolute atomic E-state index is 0.194. The number of anilines is 1. The van der Waals surface area contributed by atoms with Gasteiger partial charge in [0.05, 0.1) is 17.1 Å². The van der Waals surface area contributed by atoms with Gasteiger partial charge in [0.1, 0.15) is 5.82 Å². The van der Waals surface area contributed by atoms with Crippen molar-refractivity contribution in [1.29, 1.82) is 0 Å². The Hall–Kier alpha value is -2.90. The van der Waals surface area contributed by atoms with E-state index in [0.717, 1.165) is 11.0 Å². The van der Waals surface area contributed by atoms with E-state index in [4.69, 9.17) is 0 Å². The summed E-state index contributed by atoms with van der Waals surface area (Å²) in [6, 6.07) is 7.47. The molecule has 1 atom stereocenters. The number of hydrogen-bond acceptors (Lipinski definition) is 5. The number of nitrogens with zero attached hydrogens (tertiary/aromatic N) is 4. The number of aryl methyl sites for hydroxylation is 1. The molecule has 8 nitrogen and oxygen atoms in total. The number of hydrogen-bond donors (Lipinski definition) is 2. The van der Waals surface area contributed by atoms with Crippen molar-refractivity contribution >= 4 is 22.7 Å². The number of nitro groups is 1. The summed E-state index contributed by atoms with van der Waals surface area (Å²) in [6.45, 7) is 1.88. The molecule has 3 rings (SSSR count). The highest BCUT2D eigenvalue weighted by atomic mass is 16.6. The van der Waals surface area contributed by atoms with Crippen LogP contribution in [0.15, 0.2) is 30.6 Å². The molecule has 1 aromatic carbocycles. The Morgan fingerprint density at radius 2 is 2.19 bits per heavy atom. The van der Waals surface area contributed by atoms with Crippen LogP contribution in [0.4, 0.5) is 11.6 Å². The van der Waals surface area contributed by atoms with Gasteiger partial charge in [-0.25, -0.2) is 4.98 Å². The first-order valence-corrected chi connectivity index (χ1v) is 6.43. The topological polar surface area (TPSA) is 102 Å². The summed E-state index contributed by atoms with van der Waals surface area (Å²) in [5, 5.41) is 14.0. The largest absolute Gasteiger partial charge is 0.406 e. The van der Waals surface area contributed by atoms with Gasteiger partial charge in [-0.2, -0.15) is 0 Å². The standard InChI is InChI=1S/C13H14N6O2/c1-8(11-16-9-5-3-4-6-10(9)17-11)15-13-12(19(20)21)14-7-18(13)2/h3-8,15H,1-2H3,(H,16,17). The molecule has 0 saturated heterocycles. The lowest BCUT2D eigenvalue weighted by Crippen LogP contribution is -2.12. The van der Waals surface area contributed by atoms with Gasteiger partial charge in [0.2, 0.25) is 12.1 Å². The smallest absolute Gasteiger partial charge is 0.358 e. The van der Waals surface area contributed by atoms with E-state index in [9.17, 15) is 10.1 Å². The normalized spacial score (nSPS) is 12.5. The summed E-state index contributed by atoms with van der Waals surface area (Å²) in [6.07, 6.45) is 1.41. The van der Waals surface area contributed by atoms with Crippen molar-refractivity contribution in [3.05, 3.63) is 46.5 Å². The highest BCUT2D eigenvalue weighted by Gasteiger charge is 2.22. The molecule has 1 unspecified atom stereocenters. The second kappa shape index (κ2) is 4.89. The Kier molecular flexibility index (Phi) is 3.05.